The molecule has 0 aromatic heterocycles. The first-order valence-corrected chi connectivity index (χ1v) is 4.16. The fourth-order valence-corrected chi connectivity index (χ4v) is 1.14. The van der Waals surface area contributed by atoms with E-state index < -0.39 is 4.92 Å². The van der Waals surface area contributed by atoms with Crippen molar-refractivity contribution in [2.75, 3.05) is 0 Å². The highest BCUT2D eigenvalue weighted by Crippen LogP contribution is 2.12. The van der Waals surface area contributed by atoms with E-state index in [1.165, 1.54) is 13.0 Å². The third kappa shape index (κ3) is 2.91. The Kier molecular flexibility index (Phi) is 3.08. The van der Waals surface area contributed by atoms with Crippen LogP contribution < -0.4 is 0 Å². The van der Waals surface area contributed by atoms with Crippen molar-refractivity contribution in [1.82, 2.24) is 0 Å². The van der Waals surface area contributed by atoms with E-state index in [0.29, 0.717) is 0 Å². The smallest absolute Gasteiger partial charge is 0.243 e. The van der Waals surface area contributed by atoms with Crippen molar-refractivity contribution in [3.63, 3.8) is 0 Å². The van der Waals surface area contributed by atoms with E-state index in [0.717, 1.165) is 10.5 Å². The second kappa shape index (κ2) is 4.09. The van der Waals surface area contributed by atoms with E-state index in [1.54, 1.807) is 18.2 Å². The molecule has 0 radical (unpaired) electrons. The van der Waals surface area contributed by atoms with Crippen molar-refractivity contribution in [1.29, 1.82) is 0 Å². The molecule has 0 spiro atoms. The van der Waals surface area contributed by atoms with Crippen LogP contribution in [0.4, 0.5) is 0 Å². The summed E-state index contributed by atoms with van der Waals surface area (Å²) in [4.78, 5) is 10.7. The quantitative estimate of drug-likeness (QED) is 0.448. The minimum Gasteiger partial charge on any atom is -0.259 e. The molecule has 0 saturated heterocycles. The molecule has 0 bridgehead atoms. The lowest BCUT2D eigenvalue weighted by Gasteiger charge is -1.94. The molecule has 68 valence electrons. The molecule has 3 nitrogen and oxygen atoms in total. The highest BCUT2D eigenvalue weighted by Gasteiger charge is 2.01. The van der Waals surface area contributed by atoms with E-state index >= 15 is 0 Å². The van der Waals surface area contributed by atoms with Gasteiger partial charge in [-0.3, -0.25) is 10.1 Å². The van der Waals surface area contributed by atoms with Crippen molar-refractivity contribution in [2.45, 2.75) is 11.8 Å². The van der Waals surface area contributed by atoms with Gasteiger partial charge in [-0.05, 0) is 17.7 Å². The zero-order chi connectivity index (χ0) is 9.84. The number of hydrogen-bond acceptors (Lipinski definition) is 3. The number of nitro groups is 1. The Labute approximate surface area is 81.6 Å². The van der Waals surface area contributed by atoms with E-state index in [-0.39, 0.29) is 5.70 Å². The molecule has 13 heavy (non-hydrogen) atoms. The van der Waals surface area contributed by atoms with Crippen LogP contribution in [0.2, 0.25) is 0 Å². The highest BCUT2D eigenvalue weighted by molar-refractivity contribution is 7.80. The fraction of sp³-hybridized carbons (Fsp3) is 0.111. The summed E-state index contributed by atoms with van der Waals surface area (Å²) in [7, 11) is 0. The Hall–Kier alpha value is -1.29. The van der Waals surface area contributed by atoms with Gasteiger partial charge in [-0.25, -0.2) is 0 Å². The van der Waals surface area contributed by atoms with Gasteiger partial charge in [0.2, 0.25) is 5.70 Å². The van der Waals surface area contributed by atoms with E-state index in [2.05, 4.69) is 12.6 Å². The molecule has 1 aromatic carbocycles. The van der Waals surface area contributed by atoms with Gasteiger partial charge in [0, 0.05) is 17.9 Å². The molecular formula is C9H9NO2S. The number of thiol groups is 1. The summed E-state index contributed by atoms with van der Waals surface area (Å²) in [6, 6.07) is 7.20. The minimum absolute atomic E-state index is 0.124. The lowest BCUT2D eigenvalue weighted by Crippen LogP contribution is -1.92. The maximum Gasteiger partial charge on any atom is 0.243 e. The largest absolute Gasteiger partial charge is 0.259 e. The number of allylic oxidation sites excluding steroid dienone is 1. The molecule has 0 saturated carbocycles. The van der Waals surface area contributed by atoms with Crippen LogP contribution in [-0.2, 0) is 0 Å². The Morgan fingerprint density at radius 1 is 1.62 bits per heavy atom. The third-order valence-electron chi connectivity index (χ3n) is 1.53. The number of nitrogens with zero attached hydrogens (tertiary/aromatic N) is 1. The molecule has 0 fully saturated rings. The van der Waals surface area contributed by atoms with Crippen LogP contribution in [0.1, 0.15) is 12.5 Å². The first-order chi connectivity index (χ1) is 6.09. The van der Waals surface area contributed by atoms with Crippen LogP contribution in [0.3, 0.4) is 0 Å². The summed E-state index contributed by atoms with van der Waals surface area (Å²) < 4.78 is 0. The Morgan fingerprint density at radius 3 is 2.85 bits per heavy atom. The molecule has 0 unspecified atom stereocenters. The van der Waals surface area contributed by atoms with Crippen LogP contribution in [0.25, 0.3) is 6.08 Å². The average molecular weight is 195 g/mol. The van der Waals surface area contributed by atoms with Gasteiger partial charge < -0.3 is 0 Å². The maximum absolute atomic E-state index is 10.3. The molecule has 0 amide bonds. The summed E-state index contributed by atoms with van der Waals surface area (Å²) in [6.07, 6.45) is 1.51. The lowest BCUT2D eigenvalue weighted by molar-refractivity contribution is -0.422. The normalized spacial score (nSPS) is 11.4. The van der Waals surface area contributed by atoms with Crippen molar-refractivity contribution in [3.05, 3.63) is 45.6 Å². The van der Waals surface area contributed by atoms with E-state index in [4.69, 9.17) is 0 Å². The monoisotopic (exact) mass is 195 g/mol. The van der Waals surface area contributed by atoms with E-state index in [9.17, 15) is 10.1 Å². The van der Waals surface area contributed by atoms with Gasteiger partial charge in [-0.2, -0.15) is 0 Å². The number of benzene rings is 1. The minimum atomic E-state index is -0.412. The SMILES string of the molecule is CC(=Cc1cccc(S)c1)[N+](=O)[O-]. The first-order valence-electron chi connectivity index (χ1n) is 3.71. The predicted octanol–water partition coefficient (Wildman–Crippen LogP) is 2.61. The molecule has 0 N–H and O–H groups in total. The Morgan fingerprint density at radius 2 is 2.31 bits per heavy atom. The van der Waals surface area contributed by atoms with Crippen LogP contribution in [0, 0.1) is 10.1 Å². The van der Waals surface area contributed by atoms with Gasteiger partial charge in [0.15, 0.2) is 0 Å². The standard InChI is InChI=1S/C9H9NO2S/c1-7(10(11)12)5-8-3-2-4-9(13)6-8/h2-6,13H,1H3. The molecule has 4 heteroatoms. The summed E-state index contributed by atoms with van der Waals surface area (Å²) in [5.41, 5.74) is 0.917. The average Bonchev–Trinajstić information content (AvgIpc) is 2.04. The Balaban J connectivity index is 2.97. The molecule has 1 rings (SSSR count). The Bertz CT molecular complexity index is 360. The fourth-order valence-electron chi connectivity index (χ4n) is 0.908. The van der Waals surface area contributed by atoms with Gasteiger partial charge >= 0.3 is 0 Å². The molecule has 0 aliphatic carbocycles. The molecule has 0 atom stereocenters. The van der Waals surface area contributed by atoms with Crippen LogP contribution in [0.5, 0.6) is 0 Å². The molecular weight excluding hydrogens is 186 g/mol. The zero-order valence-corrected chi connectivity index (χ0v) is 7.99. The van der Waals surface area contributed by atoms with Crippen molar-refractivity contribution in [2.24, 2.45) is 0 Å². The van der Waals surface area contributed by atoms with Gasteiger partial charge in [-0.1, -0.05) is 12.1 Å². The van der Waals surface area contributed by atoms with Gasteiger partial charge in [0.25, 0.3) is 0 Å². The van der Waals surface area contributed by atoms with Crippen LogP contribution >= 0.6 is 12.6 Å². The third-order valence-corrected chi connectivity index (χ3v) is 1.81. The molecule has 0 heterocycles. The molecule has 1 aromatic rings. The summed E-state index contributed by atoms with van der Waals surface area (Å²) in [5.74, 6) is 0. The van der Waals surface area contributed by atoms with E-state index in [1.807, 2.05) is 6.07 Å². The zero-order valence-electron chi connectivity index (χ0n) is 7.10. The second-order valence-electron chi connectivity index (χ2n) is 2.64. The lowest BCUT2D eigenvalue weighted by atomic mass is 10.2. The maximum atomic E-state index is 10.3. The number of rotatable bonds is 2. The topological polar surface area (TPSA) is 43.1 Å². The van der Waals surface area contributed by atoms with Crippen molar-refractivity contribution in [3.8, 4) is 0 Å². The van der Waals surface area contributed by atoms with Gasteiger partial charge in [-0.15, -0.1) is 12.6 Å². The van der Waals surface area contributed by atoms with Gasteiger partial charge in [0.05, 0.1) is 4.92 Å². The first kappa shape index (κ1) is 9.80. The summed E-state index contributed by atoms with van der Waals surface area (Å²) in [5, 5.41) is 10.3. The van der Waals surface area contributed by atoms with Crippen LogP contribution in [0.15, 0.2) is 34.9 Å². The highest BCUT2D eigenvalue weighted by atomic mass is 32.1. The predicted molar refractivity (Wildman–Crippen MR) is 54.3 cm³/mol. The van der Waals surface area contributed by atoms with Crippen molar-refractivity contribution < 1.29 is 4.92 Å². The number of hydrogen-bond donors (Lipinski definition) is 1. The summed E-state index contributed by atoms with van der Waals surface area (Å²) in [6.45, 7) is 1.46. The molecule has 0 aliphatic rings. The van der Waals surface area contributed by atoms with Crippen molar-refractivity contribution >= 4 is 18.7 Å². The van der Waals surface area contributed by atoms with Crippen LogP contribution in [-0.4, -0.2) is 4.92 Å². The van der Waals surface area contributed by atoms with Gasteiger partial charge in [0.1, 0.15) is 0 Å². The second-order valence-corrected chi connectivity index (χ2v) is 3.15. The summed E-state index contributed by atoms with van der Waals surface area (Å²) >= 11 is 4.13. The molecule has 0 aliphatic heterocycles.